The molecule has 0 spiro atoms. The molecule has 1 atom stereocenters. The van der Waals surface area contributed by atoms with Crippen LogP contribution in [-0.4, -0.2) is 17.3 Å². The first-order chi connectivity index (χ1) is 9.65. The van der Waals surface area contributed by atoms with Crippen LogP contribution in [0.3, 0.4) is 0 Å². The highest BCUT2D eigenvalue weighted by Gasteiger charge is 2.12. The van der Waals surface area contributed by atoms with Gasteiger partial charge in [-0.3, -0.25) is 0 Å². The molecular formula is C16H19NO3. The number of methoxy groups -OCH3 is 1. The topological polar surface area (TPSA) is 61.7 Å². The monoisotopic (exact) mass is 273 g/mol. The van der Waals surface area contributed by atoms with Crippen LogP contribution in [0, 0.1) is 0 Å². The van der Waals surface area contributed by atoms with Gasteiger partial charge in [-0.25, -0.2) is 0 Å². The van der Waals surface area contributed by atoms with Crippen LogP contribution < -0.4 is 10.1 Å². The van der Waals surface area contributed by atoms with Crippen molar-refractivity contribution in [2.75, 3.05) is 12.4 Å². The molecule has 0 saturated heterocycles. The van der Waals surface area contributed by atoms with Gasteiger partial charge in [-0.05, 0) is 25.1 Å². The maximum absolute atomic E-state index is 10.0. The Morgan fingerprint density at radius 3 is 2.60 bits per heavy atom. The highest BCUT2D eigenvalue weighted by molar-refractivity contribution is 5.53. The molecule has 0 heterocycles. The molecule has 2 aromatic carbocycles. The normalized spacial score (nSPS) is 11.9. The van der Waals surface area contributed by atoms with Crippen LogP contribution in [-0.2, 0) is 6.61 Å². The maximum atomic E-state index is 10.0. The molecule has 106 valence electrons. The van der Waals surface area contributed by atoms with E-state index in [0.717, 1.165) is 16.8 Å². The standard InChI is InChI=1S/C16H19NO3/c1-11(14-8-7-13(20-2)9-16(14)19)17-15-6-4-3-5-12(15)10-18/h3-9,11,17-19H,10H2,1-2H3. The van der Waals surface area contributed by atoms with Crippen molar-refractivity contribution in [3.63, 3.8) is 0 Å². The number of aliphatic hydroxyl groups excluding tert-OH is 1. The number of hydrogen-bond donors (Lipinski definition) is 3. The van der Waals surface area contributed by atoms with Gasteiger partial charge in [0.25, 0.3) is 0 Å². The van der Waals surface area contributed by atoms with Gasteiger partial charge in [-0.1, -0.05) is 18.2 Å². The van der Waals surface area contributed by atoms with E-state index in [1.54, 1.807) is 13.2 Å². The first kappa shape index (κ1) is 14.2. The highest BCUT2D eigenvalue weighted by Crippen LogP contribution is 2.31. The third-order valence-corrected chi connectivity index (χ3v) is 3.26. The van der Waals surface area contributed by atoms with Crippen LogP contribution in [0.2, 0.25) is 0 Å². The molecular weight excluding hydrogens is 254 g/mol. The van der Waals surface area contributed by atoms with E-state index >= 15 is 0 Å². The Morgan fingerprint density at radius 1 is 1.20 bits per heavy atom. The molecule has 0 aliphatic heterocycles. The Labute approximate surface area is 118 Å². The van der Waals surface area contributed by atoms with Gasteiger partial charge in [0.05, 0.1) is 19.8 Å². The SMILES string of the molecule is COc1ccc(C(C)Nc2ccccc2CO)c(O)c1. The predicted molar refractivity (Wildman–Crippen MR) is 79.1 cm³/mol. The number of phenols is 1. The minimum Gasteiger partial charge on any atom is -0.507 e. The third kappa shape index (κ3) is 3.03. The van der Waals surface area contributed by atoms with Gasteiger partial charge in [-0.2, -0.15) is 0 Å². The number of benzene rings is 2. The van der Waals surface area contributed by atoms with E-state index < -0.39 is 0 Å². The summed E-state index contributed by atoms with van der Waals surface area (Å²) >= 11 is 0. The molecule has 0 radical (unpaired) electrons. The zero-order valence-electron chi connectivity index (χ0n) is 11.6. The molecule has 0 bridgehead atoms. The third-order valence-electron chi connectivity index (χ3n) is 3.26. The Hall–Kier alpha value is -2.20. The summed E-state index contributed by atoms with van der Waals surface area (Å²) in [4.78, 5) is 0. The Bertz CT molecular complexity index is 584. The van der Waals surface area contributed by atoms with Crippen LogP contribution >= 0.6 is 0 Å². The summed E-state index contributed by atoms with van der Waals surface area (Å²) in [5, 5.41) is 22.6. The predicted octanol–water partition coefficient (Wildman–Crippen LogP) is 3.07. The number of phenolic OH excluding ortho intramolecular Hbond substituents is 1. The Morgan fingerprint density at radius 2 is 1.95 bits per heavy atom. The first-order valence-corrected chi connectivity index (χ1v) is 6.48. The van der Waals surface area contributed by atoms with Crippen molar-refractivity contribution in [3.05, 3.63) is 53.6 Å². The van der Waals surface area contributed by atoms with Crippen LogP contribution in [0.4, 0.5) is 5.69 Å². The lowest BCUT2D eigenvalue weighted by Crippen LogP contribution is -2.08. The van der Waals surface area contributed by atoms with E-state index in [2.05, 4.69) is 5.32 Å². The number of hydrogen-bond acceptors (Lipinski definition) is 4. The van der Waals surface area contributed by atoms with Gasteiger partial charge in [-0.15, -0.1) is 0 Å². The molecule has 2 rings (SSSR count). The number of nitrogens with one attached hydrogen (secondary N) is 1. The first-order valence-electron chi connectivity index (χ1n) is 6.48. The lowest BCUT2D eigenvalue weighted by molar-refractivity contribution is 0.282. The van der Waals surface area contributed by atoms with Crippen LogP contribution in [0.1, 0.15) is 24.1 Å². The summed E-state index contributed by atoms with van der Waals surface area (Å²) in [5.41, 5.74) is 2.46. The summed E-state index contributed by atoms with van der Waals surface area (Å²) in [7, 11) is 1.56. The lowest BCUT2D eigenvalue weighted by Gasteiger charge is -2.19. The maximum Gasteiger partial charge on any atom is 0.124 e. The fourth-order valence-corrected chi connectivity index (χ4v) is 2.13. The largest absolute Gasteiger partial charge is 0.507 e. The van der Waals surface area contributed by atoms with Gasteiger partial charge in [0.15, 0.2) is 0 Å². The van der Waals surface area contributed by atoms with Crippen LogP contribution in [0.15, 0.2) is 42.5 Å². The smallest absolute Gasteiger partial charge is 0.124 e. The van der Waals surface area contributed by atoms with Crippen molar-refractivity contribution in [1.82, 2.24) is 0 Å². The van der Waals surface area contributed by atoms with E-state index in [4.69, 9.17) is 4.74 Å². The van der Waals surface area contributed by atoms with Gasteiger partial charge in [0.2, 0.25) is 0 Å². The average Bonchev–Trinajstić information content (AvgIpc) is 2.47. The molecule has 0 aliphatic carbocycles. The van der Waals surface area contributed by atoms with E-state index in [0.29, 0.717) is 5.75 Å². The summed E-state index contributed by atoms with van der Waals surface area (Å²) in [5.74, 6) is 0.806. The Kier molecular flexibility index (Phi) is 4.48. The molecule has 4 nitrogen and oxygen atoms in total. The molecule has 1 unspecified atom stereocenters. The molecule has 3 N–H and O–H groups in total. The summed E-state index contributed by atoms with van der Waals surface area (Å²) in [6.45, 7) is 1.93. The highest BCUT2D eigenvalue weighted by atomic mass is 16.5. The van der Waals surface area contributed by atoms with Crippen molar-refractivity contribution in [2.24, 2.45) is 0 Å². The molecule has 2 aromatic rings. The van der Waals surface area contributed by atoms with Crippen molar-refractivity contribution in [1.29, 1.82) is 0 Å². The van der Waals surface area contributed by atoms with Crippen molar-refractivity contribution >= 4 is 5.69 Å². The molecule has 0 aromatic heterocycles. The molecule has 0 saturated carbocycles. The second-order valence-electron chi connectivity index (χ2n) is 4.61. The van der Waals surface area contributed by atoms with Crippen molar-refractivity contribution in [3.8, 4) is 11.5 Å². The minimum absolute atomic E-state index is 0.0233. The number of aliphatic hydroxyl groups is 1. The number of aromatic hydroxyl groups is 1. The lowest BCUT2D eigenvalue weighted by atomic mass is 10.1. The fourth-order valence-electron chi connectivity index (χ4n) is 2.13. The van der Waals surface area contributed by atoms with Crippen LogP contribution in [0.5, 0.6) is 11.5 Å². The molecule has 20 heavy (non-hydrogen) atoms. The zero-order chi connectivity index (χ0) is 14.5. The fraction of sp³-hybridized carbons (Fsp3) is 0.250. The quantitative estimate of drug-likeness (QED) is 0.783. The summed E-state index contributed by atoms with van der Waals surface area (Å²) in [6.07, 6.45) is 0. The Balaban J connectivity index is 2.21. The van der Waals surface area contributed by atoms with Gasteiger partial charge in [0, 0.05) is 22.9 Å². The van der Waals surface area contributed by atoms with Gasteiger partial charge < -0.3 is 20.3 Å². The van der Waals surface area contributed by atoms with E-state index in [-0.39, 0.29) is 18.4 Å². The molecule has 0 fully saturated rings. The van der Waals surface area contributed by atoms with Crippen molar-refractivity contribution in [2.45, 2.75) is 19.6 Å². The average molecular weight is 273 g/mol. The number of rotatable bonds is 5. The summed E-state index contributed by atoms with van der Waals surface area (Å²) < 4.78 is 5.07. The zero-order valence-corrected chi connectivity index (χ0v) is 11.6. The van der Waals surface area contributed by atoms with E-state index in [9.17, 15) is 10.2 Å². The molecule has 4 heteroatoms. The minimum atomic E-state index is -0.0893. The second-order valence-corrected chi connectivity index (χ2v) is 4.61. The number of anilines is 1. The van der Waals surface area contributed by atoms with Crippen molar-refractivity contribution < 1.29 is 14.9 Å². The van der Waals surface area contributed by atoms with E-state index in [1.807, 2.05) is 43.3 Å². The van der Waals surface area contributed by atoms with Gasteiger partial charge >= 0.3 is 0 Å². The molecule has 0 aliphatic rings. The van der Waals surface area contributed by atoms with Gasteiger partial charge in [0.1, 0.15) is 11.5 Å². The number of para-hydroxylation sites is 1. The molecule has 0 amide bonds. The number of ether oxygens (including phenoxy) is 1. The summed E-state index contributed by atoms with van der Waals surface area (Å²) in [6, 6.07) is 12.7. The second kappa shape index (κ2) is 6.30. The van der Waals surface area contributed by atoms with E-state index in [1.165, 1.54) is 0 Å². The van der Waals surface area contributed by atoms with Crippen LogP contribution in [0.25, 0.3) is 0 Å².